The van der Waals surface area contributed by atoms with Crippen molar-refractivity contribution in [2.75, 3.05) is 20.1 Å². The lowest BCUT2D eigenvalue weighted by Crippen LogP contribution is -2.49. The summed E-state index contributed by atoms with van der Waals surface area (Å²) in [7, 11) is 2.01. The van der Waals surface area contributed by atoms with E-state index in [2.05, 4.69) is 48.0 Å². The molecule has 1 heterocycles. The largest absolute Gasteiger partial charge is 0.358 e. The van der Waals surface area contributed by atoms with E-state index >= 15 is 0 Å². The number of hydrogen-bond donors (Lipinski definition) is 2. The molecule has 0 aromatic carbocycles. The van der Waals surface area contributed by atoms with Gasteiger partial charge in [0.25, 0.3) is 0 Å². The van der Waals surface area contributed by atoms with E-state index < -0.39 is 0 Å². The molecule has 0 bridgehead atoms. The fraction of sp³-hybridized carbons (Fsp3) is 0.826. The molecule has 172 valence electrons. The van der Waals surface area contributed by atoms with E-state index in [9.17, 15) is 14.4 Å². The van der Waals surface area contributed by atoms with Crippen molar-refractivity contribution in [3.63, 3.8) is 0 Å². The summed E-state index contributed by atoms with van der Waals surface area (Å²) in [5.74, 6) is 1.41. The molecule has 30 heavy (non-hydrogen) atoms. The highest BCUT2D eigenvalue weighted by atomic mass is 16.2. The fourth-order valence-corrected chi connectivity index (χ4v) is 4.64. The summed E-state index contributed by atoms with van der Waals surface area (Å²) in [6.07, 6.45) is 7.61. The van der Waals surface area contributed by atoms with E-state index in [1.807, 2.05) is 7.05 Å². The van der Waals surface area contributed by atoms with Crippen LogP contribution in [0, 0.1) is 23.7 Å². The summed E-state index contributed by atoms with van der Waals surface area (Å²) in [5.41, 5.74) is 0. The Morgan fingerprint density at radius 1 is 1.23 bits per heavy atom. The Bertz CT molecular complexity index is 541. The minimum atomic E-state index is -0.330. The fourth-order valence-electron chi connectivity index (χ4n) is 4.64. The molecule has 0 radical (unpaired) electrons. The lowest BCUT2D eigenvalue weighted by atomic mass is 9.85. The zero-order valence-electron chi connectivity index (χ0n) is 19.3. The van der Waals surface area contributed by atoms with Crippen molar-refractivity contribution in [3.8, 4) is 0 Å². The number of likely N-dealkylation sites (tertiary alicyclic amines) is 1. The van der Waals surface area contributed by atoms with Crippen LogP contribution >= 0.6 is 0 Å². The van der Waals surface area contributed by atoms with E-state index in [1.54, 1.807) is 0 Å². The molecule has 0 aliphatic carbocycles. The molecule has 1 saturated heterocycles. The van der Waals surface area contributed by atoms with Crippen LogP contribution in [-0.2, 0) is 14.4 Å². The highest BCUT2D eigenvalue weighted by Crippen LogP contribution is 2.30. The third kappa shape index (κ3) is 8.54. The maximum atomic E-state index is 13.0. The number of likely N-dealkylation sites (N-methyl/N-ethyl adjacent to an activating group) is 1. The average Bonchev–Trinajstić information content (AvgIpc) is 3.11. The summed E-state index contributed by atoms with van der Waals surface area (Å²) < 4.78 is 0. The first-order chi connectivity index (χ1) is 14.3. The predicted octanol–water partition coefficient (Wildman–Crippen LogP) is 2.64. The normalized spacial score (nSPS) is 22.3. The van der Waals surface area contributed by atoms with Gasteiger partial charge < -0.3 is 15.4 Å². The van der Waals surface area contributed by atoms with Gasteiger partial charge in [0.2, 0.25) is 12.3 Å². The number of unbranched alkanes of at least 4 members (excludes halogenated alkanes) is 3. The zero-order chi connectivity index (χ0) is 22.5. The van der Waals surface area contributed by atoms with Gasteiger partial charge in [-0.2, -0.15) is 0 Å². The molecule has 2 amide bonds. The van der Waals surface area contributed by atoms with Crippen LogP contribution < -0.4 is 10.6 Å². The summed E-state index contributed by atoms with van der Waals surface area (Å²) in [6.45, 7) is 11.7. The van der Waals surface area contributed by atoms with Gasteiger partial charge in [0.15, 0.2) is 0 Å². The molecule has 1 fully saturated rings. The first-order valence-corrected chi connectivity index (χ1v) is 11.4. The zero-order valence-corrected chi connectivity index (χ0v) is 19.3. The number of nitrogens with one attached hydrogen (secondary N) is 2. The van der Waals surface area contributed by atoms with Crippen molar-refractivity contribution in [1.29, 1.82) is 0 Å². The Kier molecular flexibility index (Phi) is 12.5. The van der Waals surface area contributed by atoms with Crippen molar-refractivity contribution in [3.05, 3.63) is 0 Å². The minimum absolute atomic E-state index is 0.0368. The Labute approximate surface area is 182 Å². The molecule has 1 aliphatic heterocycles. The number of nitrogens with zero attached hydrogens (tertiary/aromatic N) is 2. The number of aldehydes is 1. The maximum Gasteiger partial charge on any atom is 0.239 e. The van der Waals surface area contributed by atoms with E-state index in [0.29, 0.717) is 37.1 Å². The van der Waals surface area contributed by atoms with Gasteiger partial charge in [0.1, 0.15) is 12.5 Å². The first-order valence-electron chi connectivity index (χ1n) is 11.4. The molecule has 1 unspecified atom stereocenters. The van der Waals surface area contributed by atoms with Crippen molar-refractivity contribution in [2.24, 2.45) is 28.7 Å². The molecule has 0 spiro atoms. The molecule has 1 rings (SSSR count). The molecule has 7 nitrogen and oxygen atoms in total. The van der Waals surface area contributed by atoms with Crippen molar-refractivity contribution < 1.29 is 14.4 Å². The first kappa shape index (κ1) is 26.3. The predicted molar refractivity (Wildman–Crippen MR) is 121 cm³/mol. The van der Waals surface area contributed by atoms with E-state index in [1.165, 1.54) is 0 Å². The third-order valence-electron chi connectivity index (χ3n) is 6.61. The lowest BCUT2D eigenvalue weighted by molar-refractivity contribution is -0.127. The molecule has 0 aromatic rings. The SMILES string of the molecule is C=N[C@H](C[C@H](C)[C@@H](CCCCCC=O)CNC=O)NC(=O)C1[C@@H](C(C)C)CCN1C. The summed E-state index contributed by atoms with van der Waals surface area (Å²) >= 11 is 0. The second-order valence-corrected chi connectivity index (χ2v) is 9.13. The topological polar surface area (TPSA) is 90.9 Å². The van der Waals surface area contributed by atoms with Gasteiger partial charge in [0.05, 0.1) is 6.04 Å². The number of hydrogen-bond acceptors (Lipinski definition) is 5. The number of aliphatic imine (C=N–C) groups is 1. The van der Waals surface area contributed by atoms with Gasteiger partial charge in [-0.15, -0.1) is 0 Å². The second-order valence-electron chi connectivity index (χ2n) is 9.13. The summed E-state index contributed by atoms with van der Waals surface area (Å²) in [5, 5.41) is 5.92. The molecular formula is C23H42N4O3. The Morgan fingerprint density at radius 3 is 2.57 bits per heavy atom. The number of rotatable bonds is 16. The van der Waals surface area contributed by atoms with E-state index in [0.717, 1.165) is 51.3 Å². The van der Waals surface area contributed by atoms with Gasteiger partial charge in [-0.3, -0.25) is 19.5 Å². The number of carbonyl (C=O) groups is 3. The van der Waals surface area contributed by atoms with Crippen LogP contribution in [-0.4, -0.2) is 62.6 Å². The molecule has 1 aliphatic rings. The van der Waals surface area contributed by atoms with E-state index in [-0.39, 0.29) is 24.0 Å². The molecular weight excluding hydrogens is 380 g/mol. The van der Waals surface area contributed by atoms with Crippen LogP contribution in [0.15, 0.2) is 4.99 Å². The van der Waals surface area contributed by atoms with Crippen LogP contribution in [0.25, 0.3) is 0 Å². The van der Waals surface area contributed by atoms with Gasteiger partial charge in [-0.05, 0) is 69.7 Å². The third-order valence-corrected chi connectivity index (χ3v) is 6.61. The van der Waals surface area contributed by atoms with Crippen molar-refractivity contribution in [1.82, 2.24) is 15.5 Å². The van der Waals surface area contributed by atoms with Gasteiger partial charge >= 0.3 is 0 Å². The van der Waals surface area contributed by atoms with Crippen LogP contribution in [0.1, 0.15) is 65.7 Å². The number of amides is 2. The van der Waals surface area contributed by atoms with Crippen molar-refractivity contribution >= 4 is 25.3 Å². The van der Waals surface area contributed by atoms with Gasteiger partial charge in [-0.1, -0.05) is 33.6 Å². The van der Waals surface area contributed by atoms with Crippen LogP contribution in [0.4, 0.5) is 0 Å². The Morgan fingerprint density at radius 2 is 1.97 bits per heavy atom. The Balaban J connectivity index is 2.64. The van der Waals surface area contributed by atoms with E-state index in [4.69, 9.17) is 0 Å². The lowest BCUT2D eigenvalue weighted by Gasteiger charge is -2.30. The molecule has 0 aromatic heterocycles. The standard InChI is InChI=1S/C23H42N4O3/c1-17(2)20-11-12-27(5)22(20)23(30)26-21(24-4)14-18(3)19(15-25-16-29)10-8-6-7-9-13-28/h13,16-22H,4,6-12,14-15H2,1-3,5H3,(H,25,29)(H,26,30)/t18-,19-,20+,21-,22?/m0/s1. The number of carbonyl (C=O) groups excluding carboxylic acids is 3. The monoisotopic (exact) mass is 422 g/mol. The van der Waals surface area contributed by atoms with Gasteiger partial charge in [0, 0.05) is 13.0 Å². The van der Waals surface area contributed by atoms with Crippen LogP contribution in [0.3, 0.4) is 0 Å². The van der Waals surface area contributed by atoms with Crippen LogP contribution in [0.2, 0.25) is 0 Å². The molecule has 7 heteroatoms. The minimum Gasteiger partial charge on any atom is -0.358 e. The molecule has 2 N–H and O–H groups in total. The maximum absolute atomic E-state index is 13.0. The quantitative estimate of drug-likeness (QED) is 0.227. The highest BCUT2D eigenvalue weighted by Gasteiger charge is 2.39. The molecule has 0 saturated carbocycles. The smallest absolute Gasteiger partial charge is 0.239 e. The second kappa shape index (κ2) is 14.3. The summed E-state index contributed by atoms with van der Waals surface area (Å²) in [4.78, 5) is 40.6. The van der Waals surface area contributed by atoms with Gasteiger partial charge in [-0.25, -0.2) is 0 Å². The Hall–Kier alpha value is -1.76. The highest BCUT2D eigenvalue weighted by molar-refractivity contribution is 5.82. The average molecular weight is 423 g/mol. The summed E-state index contributed by atoms with van der Waals surface area (Å²) in [6, 6.07) is -0.116. The van der Waals surface area contributed by atoms with Crippen LogP contribution in [0.5, 0.6) is 0 Å². The van der Waals surface area contributed by atoms with Crippen molar-refractivity contribution in [2.45, 2.75) is 77.9 Å². The molecule has 5 atom stereocenters.